The number of aryl methyl sites for hydroxylation is 1. The second kappa shape index (κ2) is 10.2. The molecule has 0 saturated heterocycles. The second-order valence-corrected chi connectivity index (χ2v) is 10.4. The Morgan fingerprint density at radius 3 is 2.52 bits per heavy atom. The molecule has 2 aromatic carbocycles. The van der Waals surface area contributed by atoms with Crippen molar-refractivity contribution in [1.29, 1.82) is 0 Å². The number of nitrogens with zero attached hydrogens (tertiary/aromatic N) is 7. The summed E-state index contributed by atoms with van der Waals surface area (Å²) in [6, 6.07) is 17.8. The van der Waals surface area contributed by atoms with Crippen LogP contribution < -0.4 is 4.74 Å². The molecule has 0 saturated carbocycles. The number of rotatable bonds is 8. The van der Waals surface area contributed by atoms with Gasteiger partial charge in [0.2, 0.25) is 5.88 Å². The number of ether oxygens (including phenoxy) is 1. The van der Waals surface area contributed by atoms with Gasteiger partial charge in [-0.1, -0.05) is 56.3 Å². The van der Waals surface area contributed by atoms with Gasteiger partial charge in [0.25, 0.3) is 0 Å². The third-order valence-corrected chi connectivity index (χ3v) is 7.20. The van der Waals surface area contributed by atoms with E-state index in [4.69, 9.17) is 19.9 Å². The molecule has 4 aromatic heterocycles. The maximum absolute atomic E-state index is 10.8. The molecular weight excluding hydrogens is 502 g/mol. The molecule has 9 heteroatoms. The van der Waals surface area contributed by atoms with Gasteiger partial charge in [-0.25, -0.2) is 4.68 Å². The average molecular weight is 536 g/mol. The zero-order chi connectivity index (χ0) is 28.0. The fourth-order valence-electron chi connectivity index (χ4n) is 5.43. The van der Waals surface area contributed by atoms with E-state index in [0.29, 0.717) is 24.7 Å². The van der Waals surface area contributed by atoms with Crippen molar-refractivity contribution in [3.63, 3.8) is 0 Å². The molecule has 4 heterocycles. The van der Waals surface area contributed by atoms with Crippen molar-refractivity contribution in [3.05, 3.63) is 83.8 Å². The van der Waals surface area contributed by atoms with Gasteiger partial charge in [-0.05, 0) is 37.5 Å². The van der Waals surface area contributed by atoms with Crippen LogP contribution in [-0.2, 0) is 13.6 Å². The summed E-state index contributed by atoms with van der Waals surface area (Å²) in [7, 11) is 1.88. The monoisotopic (exact) mass is 535 g/mol. The molecule has 0 radical (unpaired) electrons. The van der Waals surface area contributed by atoms with Gasteiger partial charge in [0.05, 0.1) is 30.5 Å². The van der Waals surface area contributed by atoms with Crippen LogP contribution in [0.2, 0.25) is 0 Å². The summed E-state index contributed by atoms with van der Waals surface area (Å²) in [6.07, 6.45) is 3.30. The molecule has 40 heavy (non-hydrogen) atoms. The van der Waals surface area contributed by atoms with Crippen molar-refractivity contribution < 1.29 is 9.84 Å². The highest BCUT2D eigenvalue weighted by molar-refractivity contribution is 5.94. The van der Waals surface area contributed by atoms with Crippen LogP contribution in [0.5, 0.6) is 5.88 Å². The van der Waals surface area contributed by atoms with Crippen LogP contribution in [0.15, 0.2) is 67.0 Å². The molecule has 0 aliphatic carbocycles. The Hall–Kier alpha value is -4.50. The molecule has 204 valence electrons. The standard InChI is InChI=1S/C31H33N7O2/c1-6-40-31-26(15-22-16-36(5)35-30(22)32-31)38-20(4)28(19(2)3)29(34-38)23-13-10-14-25-24(23)17-37(33-25)18-27(39)21-11-8-7-9-12-21/h7-17,19,27,39H,6,18H2,1-5H3/t27-/m0/s1. The average Bonchev–Trinajstić information content (AvgIpc) is 3.62. The summed E-state index contributed by atoms with van der Waals surface area (Å²) in [5.41, 5.74) is 7.21. The van der Waals surface area contributed by atoms with E-state index < -0.39 is 6.10 Å². The Labute approximate surface area is 232 Å². The Morgan fingerprint density at radius 2 is 1.77 bits per heavy atom. The van der Waals surface area contributed by atoms with Gasteiger partial charge in [-0.3, -0.25) is 9.36 Å². The molecule has 0 spiro atoms. The molecule has 0 unspecified atom stereocenters. The van der Waals surface area contributed by atoms with E-state index in [-0.39, 0.29) is 5.92 Å². The first-order valence-corrected chi connectivity index (χ1v) is 13.6. The van der Waals surface area contributed by atoms with Crippen molar-refractivity contribution in [3.8, 4) is 22.8 Å². The highest BCUT2D eigenvalue weighted by atomic mass is 16.5. The number of hydrogen-bond acceptors (Lipinski definition) is 6. The number of benzene rings is 2. The molecule has 0 aliphatic heterocycles. The van der Waals surface area contributed by atoms with Crippen LogP contribution in [0.3, 0.4) is 0 Å². The predicted octanol–water partition coefficient (Wildman–Crippen LogP) is 5.73. The Morgan fingerprint density at radius 1 is 0.975 bits per heavy atom. The van der Waals surface area contributed by atoms with Crippen LogP contribution in [0, 0.1) is 6.92 Å². The first-order chi connectivity index (χ1) is 19.3. The summed E-state index contributed by atoms with van der Waals surface area (Å²) >= 11 is 0. The number of aromatic nitrogens is 7. The molecule has 6 aromatic rings. The van der Waals surface area contributed by atoms with Crippen molar-refractivity contribution in [2.75, 3.05) is 6.61 Å². The van der Waals surface area contributed by atoms with Crippen LogP contribution in [0.25, 0.3) is 38.9 Å². The first-order valence-electron chi connectivity index (χ1n) is 13.6. The Bertz CT molecular complexity index is 1810. The van der Waals surface area contributed by atoms with Crippen LogP contribution >= 0.6 is 0 Å². The molecule has 1 N–H and O–H groups in total. The number of aliphatic hydroxyl groups is 1. The summed E-state index contributed by atoms with van der Waals surface area (Å²) in [5.74, 6) is 0.724. The summed E-state index contributed by atoms with van der Waals surface area (Å²) in [6.45, 7) is 9.25. The maximum atomic E-state index is 10.8. The van der Waals surface area contributed by atoms with E-state index in [9.17, 15) is 5.11 Å². The zero-order valence-corrected chi connectivity index (χ0v) is 23.4. The van der Waals surface area contributed by atoms with Crippen molar-refractivity contribution in [2.45, 2.75) is 46.3 Å². The number of pyridine rings is 1. The third-order valence-electron chi connectivity index (χ3n) is 7.20. The second-order valence-electron chi connectivity index (χ2n) is 10.4. The minimum absolute atomic E-state index is 0.222. The van der Waals surface area contributed by atoms with E-state index in [1.54, 1.807) is 4.68 Å². The number of aliphatic hydroxyl groups excluding tert-OH is 1. The van der Waals surface area contributed by atoms with Gasteiger partial charge < -0.3 is 9.84 Å². The number of fused-ring (bicyclic) bond motifs is 2. The van der Waals surface area contributed by atoms with Crippen LogP contribution in [0.1, 0.15) is 49.6 Å². The molecule has 9 nitrogen and oxygen atoms in total. The Kier molecular flexibility index (Phi) is 6.59. The van der Waals surface area contributed by atoms with E-state index in [1.807, 2.05) is 84.3 Å². The van der Waals surface area contributed by atoms with Gasteiger partial charge in [0.1, 0.15) is 5.69 Å². The van der Waals surface area contributed by atoms with Crippen LogP contribution in [-0.4, -0.2) is 46.0 Å². The van der Waals surface area contributed by atoms with E-state index in [2.05, 4.69) is 31.9 Å². The topological polar surface area (TPSA) is 95.8 Å². The summed E-state index contributed by atoms with van der Waals surface area (Å²) in [4.78, 5) is 4.71. The maximum Gasteiger partial charge on any atom is 0.242 e. The van der Waals surface area contributed by atoms with Gasteiger partial charge in [0.15, 0.2) is 5.65 Å². The van der Waals surface area contributed by atoms with Crippen molar-refractivity contribution >= 4 is 21.9 Å². The summed E-state index contributed by atoms with van der Waals surface area (Å²) < 4.78 is 11.5. The normalized spacial score (nSPS) is 12.6. The van der Waals surface area contributed by atoms with Gasteiger partial charge in [0, 0.05) is 47.0 Å². The van der Waals surface area contributed by atoms with E-state index >= 15 is 0 Å². The van der Waals surface area contributed by atoms with Gasteiger partial charge >= 0.3 is 0 Å². The van der Waals surface area contributed by atoms with Gasteiger partial charge in [-0.15, -0.1) is 0 Å². The quantitative estimate of drug-likeness (QED) is 0.267. The largest absolute Gasteiger partial charge is 0.476 e. The van der Waals surface area contributed by atoms with E-state index in [1.165, 1.54) is 0 Å². The fourth-order valence-corrected chi connectivity index (χ4v) is 5.43. The molecule has 6 rings (SSSR count). The minimum Gasteiger partial charge on any atom is -0.476 e. The van der Waals surface area contributed by atoms with Gasteiger partial charge in [-0.2, -0.15) is 20.3 Å². The van der Waals surface area contributed by atoms with Crippen molar-refractivity contribution in [2.24, 2.45) is 7.05 Å². The minimum atomic E-state index is -0.654. The molecule has 0 bridgehead atoms. The molecule has 1 atom stereocenters. The Balaban J connectivity index is 1.48. The fraction of sp³-hybridized carbons (Fsp3) is 0.290. The molecule has 0 fully saturated rings. The predicted molar refractivity (Wildman–Crippen MR) is 156 cm³/mol. The highest BCUT2D eigenvalue weighted by Gasteiger charge is 2.24. The molecular formula is C31H33N7O2. The first kappa shape index (κ1) is 25.8. The lowest BCUT2D eigenvalue weighted by Gasteiger charge is -2.11. The lowest BCUT2D eigenvalue weighted by molar-refractivity contribution is 0.152. The lowest BCUT2D eigenvalue weighted by atomic mass is 9.95. The van der Waals surface area contributed by atoms with Crippen molar-refractivity contribution in [1.82, 2.24) is 34.3 Å². The highest BCUT2D eigenvalue weighted by Crippen LogP contribution is 2.38. The SMILES string of the molecule is CCOc1nc2nn(C)cc2cc1-n1nc(-c2cccc3nn(C[C@H](O)c4ccccc4)cc23)c(C(C)C)c1C. The lowest BCUT2D eigenvalue weighted by Crippen LogP contribution is -2.08. The smallest absolute Gasteiger partial charge is 0.242 e. The summed E-state index contributed by atoms with van der Waals surface area (Å²) in [5, 5.41) is 27.1. The van der Waals surface area contributed by atoms with E-state index in [0.717, 1.165) is 50.1 Å². The third kappa shape index (κ3) is 4.52. The zero-order valence-electron chi connectivity index (χ0n) is 23.4. The van der Waals surface area contributed by atoms with Crippen LogP contribution in [0.4, 0.5) is 0 Å². The number of hydrogen-bond donors (Lipinski definition) is 1. The molecule has 0 aliphatic rings. The molecule has 0 amide bonds.